The molecule has 0 radical (unpaired) electrons. The Balaban J connectivity index is 1.39. The molecule has 0 amide bonds. The second-order valence-electron chi connectivity index (χ2n) is 9.93. The van der Waals surface area contributed by atoms with Crippen molar-refractivity contribution in [3.8, 4) is 5.75 Å². The fraction of sp³-hybridized carbons (Fsp3) is 0.200. The third-order valence-corrected chi connectivity index (χ3v) is 8.76. The number of rotatable bonds is 4. The van der Waals surface area contributed by atoms with Gasteiger partial charge < -0.3 is 10.4 Å². The number of allylic oxidation sites excluding steroid dienone is 2. The molecule has 6 rings (SSSR count). The normalized spacial score (nSPS) is 20.6. The van der Waals surface area contributed by atoms with Crippen LogP contribution in [0.4, 0.5) is 11.4 Å². The first-order valence-corrected chi connectivity index (χ1v) is 13.7. The Morgan fingerprint density at radius 2 is 1.72 bits per heavy atom. The molecule has 3 atom stereocenters. The molecular formula is C30H28N2O3S. The van der Waals surface area contributed by atoms with Crippen LogP contribution >= 0.6 is 0 Å². The van der Waals surface area contributed by atoms with Crippen LogP contribution in [0.15, 0.2) is 89.8 Å². The lowest BCUT2D eigenvalue weighted by atomic mass is 9.76. The van der Waals surface area contributed by atoms with Crippen molar-refractivity contribution in [3.63, 3.8) is 0 Å². The molecule has 1 aliphatic heterocycles. The van der Waals surface area contributed by atoms with Crippen molar-refractivity contribution in [1.82, 2.24) is 0 Å². The summed E-state index contributed by atoms with van der Waals surface area (Å²) in [6.45, 7) is 3.90. The van der Waals surface area contributed by atoms with Gasteiger partial charge in [-0.1, -0.05) is 48.6 Å². The molecule has 5 nitrogen and oxygen atoms in total. The van der Waals surface area contributed by atoms with E-state index in [1.54, 1.807) is 18.2 Å². The molecule has 0 saturated heterocycles. The molecule has 4 aromatic rings. The molecule has 0 bridgehead atoms. The van der Waals surface area contributed by atoms with Crippen molar-refractivity contribution in [2.45, 2.75) is 37.1 Å². The fourth-order valence-corrected chi connectivity index (χ4v) is 6.96. The van der Waals surface area contributed by atoms with Crippen LogP contribution in [0.25, 0.3) is 10.8 Å². The number of phenolic OH excluding ortho intramolecular Hbond substituents is 1. The minimum Gasteiger partial charge on any atom is -0.508 e. The summed E-state index contributed by atoms with van der Waals surface area (Å²) in [5, 5.41) is 16.7. The van der Waals surface area contributed by atoms with Gasteiger partial charge in [0.15, 0.2) is 0 Å². The summed E-state index contributed by atoms with van der Waals surface area (Å²) in [6, 6.07) is 22.7. The second-order valence-corrected chi connectivity index (χ2v) is 11.6. The van der Waals surface area contributed by atoms with E-state index in [4.69, 9.17) is 0 Å². The molecule has 1 aliphatic carbocycles. The first-order chi connectivity index (χ1) is 17.3. The van der Waals surface area contributed by atoms with Crippen molar-refractivity contribution in [2.75, 3.05) is 10.0 Å². The van der Waals surface area contributed by atoms with E-state index >= 15 is 0 Å². The number of nitrogens with one attached hydrogen (secondary N) is 2. The van der Waals surface area contributed by atoms with Gasteiger partial charge in [0.25, 0.3) is 10.0 Å². The van der Waals surface area contributed by atoms with Crippen LogP contribution in [0, 0.1) is 19.8 Å². The molecule has 3 unspecified atom stereocenters. The number of aromatic hydroxyl groups is 1. The van der Waals surface area contributed by atoms with Crippen molar-refractivity contribution in [2.24, 2.45) is 5.92 Å². The van der Waals surface area contributed by atoms with E-state index in [2.05, 4.69) is 28.3 Å². The Bertz CT molecular complexity index is 1620. The minimum atomic E-state index is -3.75. The monoisotopic (exact) mass is 496 g/mol. The highest BCUT2D eigenvalue weighted by atomic mass is 32.2. The molecular weight excluding hydrogens is 468 g/mol. The average Bonchev–Trinajstić information content (AvgIpc) is 3.33. The van der Waals surface area contributed by atoms with Gasteiger partial charge in [0, 0.05) is 22.9 Å². The number of hydrogen-bond donors (Lipinski definition) is 3. The predicted octanol–water partition coefficient (Wildman–Crippen LogP) is 6.79. The van der Waals surface area contributed by atoms with E-state index in [9.17, 15) is 13.5 Å². The molecule has 2 aliphatic rings. The van der Waals surface area contributed by atoms with E-state index in [1.807, 2.05) is 62.4 Å². The van der Waals surface area contributed by atoms with Crippen molar-refractivity contribution < 1.29 is 13.5 Å². The number of benzene rings is 4. The molecule has 36 heavy (non-hydrogen) atoms. The maximum atomic E-state index is 13.3. The van der Waals surface area contributed by atoms with E-state index in [-0.39, 0.29) is 28.5 Å². The maximum absolute atomic E-state index is 13.3. The predicted molar refractivity (Wildman–Crippen MR) is 145 cm³/mol. The first-order valence-electron chi connectivity index (χ1n) is 12.2. The second kappa shape index (κ2) is 8.42. The van der Waals surface area contributed by atoms with Crippen LogP contribution in [-0.4, -0.2) is 13.5 Å². The molecule has 0 spiro atoms. The summed E-state index contributed by atoms with van der Waals surface area (Å²) >= 11 is 0. The number of sulfonamides is 1. The number of aryl methyl sites for hydroxylation is 2. The van der Waals surface area contributed by atoms with Gasteiger partial charge in [-0.15, -0.1) is 0 Å². The fourth-order valence-electron chi connectivity index (χ4n) is 5.88. The summed E-state index contributed by atoms with van der Waals surface area (Å²) in [7, 11) is -3.75. The zero-order valence-corrected chi connectivity index (χ0v) is 21.0. The van der Waals surface area contributed by atoms with E-state index in [0.717, 1.165) is 45.1 Å². The van der Waals surface area contributed by atoms with E-state index in [1.165, 1.54) is 0 Å². The molecule has 0 fully saturated rings. The highest BCUT2D eigenvalue weighted by Crippen LogP contribution is 2.52. The van der Waals surface area contributed by atoms with Crippen molar-refractivity contribution in [1.29, 1.82) is 0 Å². The van der Waals surface area contributed by atoms with Gasteiger partial charge in [-0.25, -0.2) is 8.42 Å². The highest BCUT2D eigenvalue weighted by molar-refractivity contribution is 7.92. The zero-order valence-electron chi connectivity index (χ0n) is 20.2. The Labute approximate surface area is 211 Å². The molecule has 3 N–H and O–H groups in total. The van der Waals surface area contributed by atoms with Crippen LogP contribution in [0.5, 0.6) is 5.75 Å². The standard InChI is InChI=1S/C30H28N2O3S/c1-18-14-19(2)16-21(15-18)32-36(34,35)22-11-12-27-26(17-22)24-8-5-9-25(24)30(31-27)29-23-7-4-3-6-20(23)10-13-28(29)33/h3-8,10-17,24-25,30-33H,9H2,1-2H3. The molecule has 182 valence electrons. The Morgan fingerprint density at radius 3 is 2.53 bits per heavy atom. The largest absolute Gasteiger partial charge is 0.508 e. The van der Waals surface area contributed by atoms with Gasteiger partial charge >= 0.3 is 0 Å². The van der Waals surface area contributed by atoms with Crippen molar-refractivity contribution >= 4 is 32.2 Å². The summed E-state index contributed by atoms with van der Waals surface area (Å²) in [5.41, 5.74) is 5.32. The molecule has 4 aromatic carbocycles. The molecule has 0 saturated carbocycles. The van der Waals surface area contributed by atoms with Crippen LogP contribution in [-0.2, 0) is 10.0 Å². The summed E-state index contributed by atoms with van der Waals surface area (Å²) in [5.74, 6) is 0.498. The number of anilines is 2. The maximum Gasteiger partial charge on any atom is 0.261 e. The topological polar surface area (TPSA) is 78.4 Å². The smallest absolute Gasteiger partial charge is 0.261 e. The molecule has 0 aromatic heterocycles. The van der Waals surface area contributed by atoms with Gasteiger partial charge in [-0.05, 0) is 90.0 Å². The van der Waals surface area contributed by atoms with Gasteiger partial charge in [-0.2, -0.15) is 0 Å². The SMILES string of the molecule is Cc1cc(C)cc(NS(=O)(=O)c2ccc3c(c2)C2C=CCC2C(c2c(O)ccc4ccccc24)N3)c1. The number of hydrogen-bond acceptors (Lipinski definition) is 4. The van der Waals surface area contributed by atoms with Crippen LogP contribution in [0.3, 0.4) is 0 Å². The summed E-state index contributed by atoms with van der Waals surface area (Å²) in [6.07, 6.45) is 5.19. The zero-order chi connectivity index (χ0) is 25.0. The van der Waals surface area contributed by atoms with Gasteiger partial charge in [0.1, 0.15) is 5.75 Å². The lowest BCUT2D eigenvalue weighted by Crippen LogP contribution is -2.29. The van der Waals surface area contributed by atoms with Crippen LogP contribution in [0.2, 0.25) is 0 Å². The first kappa shape index (κ1) is 22.7. The van der Waals surface area contributed by atoms with Crippen LogP contribution in [0.1, 0.15) is 40.6 Å². The Morgan fingerprint density at radius 1 is 0.944 bits per heavy atom. The third-order valence-electron chi connectivity index (χ3n) is 7.38. The lowest BCUT2D eigenvalue weighted by molar-refractivity contribution is 0.404. The minimum absolute atomic E-state index is 0.0565. The van der Waals surface area contributed by atoms with E-state index in [0.29, 0.717) is 5.69 Å². The Hall–Kier alpha value is -3.77. The van der Waals surface area contributed by atoms with E-state index < -0.39 is 10.0 Å². The number of phenols is 1. The Kier molecular flexibility index (Phi) is 5.30. The van der Waals surface area contributed by atoms with Crippen molar-refractivity contribution in [3.05, 3.63) is 107 Å². The van der Waals surface area contributed by atoms with Gasteiger partial charge in [0.05, 0.1) is 10.9 Å². The molecule has 1 heterocycles. The van der Waals surface area contributed by atoms with Gasteiger partial charge in [0.2, 0.25) is 0 Å². The third kappa shape index (κ3) is 3.82. The quantitative estimate of drug-likeness (QED) is 0.272. The molecule has 6 heteroatoms. The highest BCUT2D eigenvalue weighted by Gasteiger charge is 2.40. The average molecular weight is 497 g/mol. The summed E-state index contributed by atoms with van der Waals surface area (Å²) < 4.78 is 29.3. The van der Waals surface area contributed by atoms with Crippen LogP contribution < -0.4 is 10.0 Å². The summed E-state index contributed by atoms with van der Waals surface area (Å²) in [4.78, 5) is 0.243. The lowest BCUT2D eigenvalue weighted by Gasteiger charge is -2.38. The number of fused-ring (bicyclic) bond motifs is 4. The van der Waals surface area contributed by atoms with Gasteiger partial charge in [-0.3, -0.25) is 4.72 Å².